The van der Waals surface area contributed by atoms with Gasteiger partial charge in [-0.25, -0.2) is 4.68 Å². The van der Waals surface area contributed by atoms with E-state index in [2.05, 4.69) is 5.10 Å². The molecule has 0 radical (unpaired) electrons. The maximum Gasteiger partial charge on any atom is 0.435 e. The van der Waals surface area contributed by atoms with Crippen molar-refractivity contribution in [3.8, 4) is 5.69 Å². The Morgan fingerprint density at radius 3 is 2.72 bits per heavy atom. The summed E-state index contributed by atoms with van der Waals surface area (Å²) in [5.41, 5.74) is 5.55. The maximum absolute atomic E-state index is 12.7. The van der Waals surface area contributed by atoms with Gasteiger partial charge in [0.25, 0.3) is 5.91 Å². The summed E-state index contributed by atoms with van der Waals surface area (Å²) in [5.74, 6) is 0.135. The molecule has 8 heteroatoms. The van der Waals surface area contributed by atoms with Gasteiger partial charge in [0.1, 0.15) is 0 Å². The molecule has 1 aromatic carbocycles. The average molecular weight is 352 g/mol. The molecule has 25 heavy (non-hydrogen) atoms. The molecule has 0 spiro atoms. The maximum atomic E-state index is 12.7. The van der Waals surface area contributed by atoms with Gasteiger partial charge in [0.05, 0.1) is 5.69 Å². The molecule has 1 amide bonds. The first-order valence-corrected chi connectivity index (χ1v) is 8.04. The topological polar surface area (TPSA) is 64.2 Å². The van der Waals surface area contributed by atoms with Gasteiger partial charge in [-0.05, 0) is 50.1 Å². The van der Waals surface area contributed by atoms with Gasteiger partial charge in [0.15, 0.2) is 5.69 Å². The number of hydrogen-bond donors (Lipinski definition) is 1. The molecule has 0 saturated carbocycles. The van der Waals surface area contributed by atoms with Crippen molar-refractivity contribution in [1.82, 2.24) is 14.7 Å². The highest BCUT2D eigenvalue weighted by molar-refractivity contribution is 5.95. The minimum absolute atomic E-state index is 0.0891. The fourth-order valence-electron chi connectivity index (χ4n) is 3.16. The molecule has 2 unspecified atom stereocenters. The zero-order valence-electron chi connectivity index (χ0n) is 13.7. The van der Waals surface area contributed by atoms with Gasteiger partial charge in [0.2, 0.25) is 0 Å². The third kappa shape index (κ3) is 3.53. The number of carbonyl (C=O) groups excluding carboxylic acids is 1. The van der Waals surface area contributed by atoms with Crippen LogP contribution < -0.4 is 5.73 Å². The highest BCUT2D eigenvalue weighted by Gasteiger charge is 2.34. The summed E-state index contributed by atoms with van der Waals surface area (Å²) in [7, 11) is 0. The van der Waals surface area contributed by atoms with Crippen LogP contribution in [0.4, 0.5) is 13.2 Å². The van der Waals surface area contributed by atoms with Gasteiger partial charge in [-0.3, -0.25) is 4.79 Å². The van der Waals surface area contributed by atoms with Crippen LogP contribution in [0.5, 0.6) is 0 Å². The van der Waals surface area contributed by atoms with Crippen LogP contribution >= 0.6 is 0 Å². The van der Waals surface area contributed by atoms with Crippen molar-refractivity contribution >= 4 is 5.91 Å². The fourth-order valence-corrected chi connectivity index (χ4v) is 3.16. The molecule has 1 fully saturated rings. The van der Waals surface area contributed by atoms with E-state index < -0.39 is 11.9 Å². The van der Waals surface area contributed by atoms with Crippen LogP contribution in [0.15, 0.2) is 36.5 Å². The van der Waals surface area contributed by atoms with E-state index in [-0.39, 0.29) is 17.9 Å². The highest BCUT2D eigenvalue weighted by atomic mass is 19.4. The fraction of sp³-hybridized carbons (Fsp3) is 0.412. The second kappa shape index (κ2) is 6.51. The first-order valence-electron chi connectivity index (χ1n) is 8.04. The molecule has 0 bridgehead atoms. The molecular weight excluding hydrogens is 333 g/mol. The van der Waals surface area contributed by atoms with Gasteiger partial charge in [-0.2, -0.15) is 18.3 Å². The van der Waals surface area contributed by atoms with E-state index in [0.717, 1.165) is 17.2 Å². The van der Waals surface area contributed by atoms with Crippen molar-refractivity contribution < 1.29 is 18.0 Å². The van der Waals surface area contributed by atoms with E-state index in [4.69, 9.17) is 5.73 Å². The molecule has 0 aliphatic carbocycles. The van der Waals surface area contributed by atoms with Crippen LogP contribution in [0.25, 0.3) is 5.69 Å². The Kier molecular flexibility index (Phi) is 4.55. The van der Waals surface area contributed by atoms with Gasteiger partial charge in [-0.15, -0.1) is 0 Å². The number of hydrogen-bond acceptors (Lipinski definition) is 3. The number of nitrogens with zero attached hydrogens (tertiary/aromatic N) is 3. The van der Waals surface area contributed by atoms with Crippen LogP contribution in [-0.2, 0) is 6.18 Å². The summed E-state index contributed by atoms with van der Waals surface area (Å²) >= 11 is 0. The van der Waals surface area contributed by atoms with E-state index in [1.807, 2.05) is 6.92 Å². The zero-order chi connectivity index (χ0) is 18.2. The third-order valence-electron chi connectivity index (χ3n) is 4.49. The Morgan fingerprint density at radius 1 is 1.36 bits per heavy atom. The summed E-state index contributed by atoms with van der Waals surface area (Å²) in [6, 6.07) is 7.45. The standard InChI is InChI=1S/C17H19F3N4O/c1-11-7-12(9-21)10-23(11)16(25)13-3-2-4-14(8-13)24-6-5-15(22-24)17(18,19)20/h2-6,8,11-12H,7,9-10,21H2,1H3. The van der Waals surface area contributed by atoms with Crippen molar-refractivity contribution in [3.63, 3.8) is 0 Å². The van der Waals surface area contributed by atoms with E-state index >= 15 is 0 Å². The molecule has 5 nitrogen and oxygen atoms in total. The van der Waals surface area contributed by atoms with E-state index in [1.165, 1.54) is 6.20 Å². The van der Waals surface area contributed by atoms with Gasteiger partial charge >= 0.3 is 6.18 Å². The molecule has 2 atom stereocenters. The van der Waals surface area contributed by atoms with Crippen LogP contribution in [-0.4, -0.2) is 39.7 Å². The lowest BCUT2D eigenvalue weighted by atomic mass is 10.1. The van der Waals surface area contributed by atoms with E-state index in [1.54, 1.807) is 29.2 Å². The summed E-state index contributed by atoms with van der Waals surface area (Å²) in [6.07, 6.45) is -2.41. The molecule has 1 aromatic heterocycles. The number of amides is 1. The number of halogens is 3. The smallest absolute Gasteiger partial charge is 0.336 e. The zero-order valence-corrected chi connectivity index (χ0v) is 13.7. The quantitative estimate of drug-likeness (QED) is 0.924. The molecule has 1 aliphatic rings. The SMILES string of the molecule is CC1CC(CN)CN1C(=O)c1cccc(-n2ccc(C(F)(F)F)n2)c1. The second-order valence-corrected chi connectivity index (χ2v) is 6.34. The Hall–Kier alpha value is -2.35. The van der Waals surface area contributed by atoms with Crippen LogP contribution in [0.3, 0.4) is 0 Å². The number of alkyl halides is 3. The number of likely N-dealkylation sites (tertiary alicyclic amines) is 1. The summed E-state index contributed by atoms with van der Waals surface area (Å²) < 4.78 is 39.2. The molecule has 1 saturated heterocycles. The van der Waals surface area contributed by atoms with Gasteiger partial charge < -0.3 is 10.6 Å². The molecule has 2 aromatic rings. The minimum Gasteiger partial charge on any atom is -0.336 e. The molecule has 2 N–H and O–H groups in total. The molecular formula is C17H19F3N4O. The van der Waals surface area contributed by atoms with Crippen molar-refractivity contribution in [1.29, 1.82) is 0 Å². The van der Waals surface area contributed by atoms with E-state index in [9.17, 15) is 18.0 Å². The largest absolute Gasteiger partial charge is 0.435 e. The summed E-state index contributed by atoms with van der Waals surface area (Å²) in [4.78, 5) is 14.5. The van der Waals surface area contributed by atoms with Crippen LogP contribution in [0.2, 0.25) is 0 Å². The number of aromatic nitrogens is 2. The number of nitrogens with two attached hydrogens (primary N) is 1. The summed E-state index contributed by atoms with van der Waals surface area (Å²) in [6.45, 7) is 3.10. The van der Waals surface area contributed by atoms with E-state index in [0.29, 0.717) is 24.3 Å². The number of carbonyl (C=O) groups is 1. The lowest BCUT2D eigenvalue weighted by molar-refractivity contribution is -0.141. The molecule has 3 rings (SSSR count). The molecule has 1 aliphatic heterocycles. The van der Waals surface area contributed by atoms with Gasteiger partial charge in [0, 0.05) is 24.3 Å². The predicted octanol–water partition coefficient (Wildman–Crippen LogP) is 2.70. The minimum atomic E-state index is -4.50. The Morgan fingerprint density at radius 2 is 2.12 bits per heavy atom. The van der Waals surface area contributed by atoms with Crippen molar-refractivity contribution in [2.75, 3.05) is 13.1 Å². The number of rotatable bonds is 3. The lowest BCUT2D eigenvalue weighted by Crippen LogP contribution is -2.34. The van der Waals surface area contributed by atoms with Crippen LogP contribution in [0, 0.1) is 5.92 Å². The van der Waals surface area contributed by atoms with Crippen LogP contribution in [0.1, 0.15) is 29.4 Å². The Balaban J connectivity index is 1.84. The first kappa shape index (κ1) is 17.5. The monoisotopic (exact) mass is 352 g/mol. The Bertz CT molecular complexity index is 771. The highest BCUT2D eigenvalue weighted by Crippen LogP contribution is 2.28. The molecule has 134 valence electrons. The summed E-state index contributed by atoms with van der Waals surface area (Å²) in [5, 5.41) is 3.54. The first-order chi connectivity index (χ1) is 11.8. The number of benzene rings is 1. The second-order valence-electron chi connectivity index (χ2n) is 6.34. The lowest BCUT2D eigenvalue weighted by Gasteiger charge is -2.21. The molecule has 2 heterocycles. The van der Waals surface area contributed by atoms with Crippen molar-refractivity contribution in [2.45, 2.75) is 25.6 Å². The normalized spacial score (nSPS) is 20.9. The van der Waals surface area contributed by atoms with Crippen molar-refractivity contribution in [3.05, 3.63) is 47.8 Å². The Labute approximate surface area is 143 Å². The van der Waals surface area contributed by atoms with Crippen molar-refractivity contribution in [2.24, 2.45) is 11.7 Å². The average Bonchev–Trinajstić information content (AvgIpc) is 3.21. The predicted molar refractivity (Wildman–Crippen MR) is 86.2 cm³/mol. The van der Waals surface area contributed by atoms with Gasteiger partial charge in [-0.1, -0.05) is 6.07 Å². The third-order valence-corrected chi connectivity index (χ3v) is 4.49.